The van der Waals surface area contributed by atoms with Gasteiger partial charge in [-0.3, -0.25) is 0 Å². The van der Waals surface area contributed by atoms with Crippen molar-refractivity contribution in [2.24, 2.45) is 5.73 Å². The molecule has 0 aliphatic carbocycles. The fourth-order valence-corrected chi connectivity index (χ4v) is 1.64. The van der Waals surface area contributed by atoms with E-state index in [4.69, 9.17) is 15.2 Å². The van der Waals surface area contributed by atoms with E-state index in [2.05, 4.69) is 13.8 Å². The predicted molar refractivity (Wildman–Crippen MR) is 70.2 cm³/mol. The molecular formula is C14H23NO2. The van der Waals surface area contributed by atoms with Gasteiger partial charge in [0.1, 0.15) is 5.75 Å². The lowest BCUT2D eigenvalue weighted by molar-refractivity contribution is 0.0685. The smallest absolute Gasteiger partial charge is 0.124 e. The molecule has 1 rings (SSSR count). The molecule has 0 bridgehead atoms. The largest absolute Gasteiger partial charge is 0.496 e. The fourth-order valence-electron chi connectivity index (χ4n) is 1.64. The summed E-state index contributed by atoms with van der Waals surface area (Å²) >= 11 is 0. The maximum Gasteiger partial charge on any atom is 0.124 e. The van der Waals surface area contributed by atoms with Crippen LogP contribution in [0.25, 0.3) is 0 Å². The van der Waals surface area contributed by atoms with Gasteiger partial charge in [-0.05, 0) is 18.9 Å². The summed E-state index contributed by atoms with van der Waals surface area (Å²) in [5.74, 6) is 0.864. The Labute approximate surface area is 104 Å². The first-order valence-electron chi connectivity index (χ1n) is 6.13. The topological polar surface area (TPSA) is 44.5 Å². The molecule has 0 aromatic heterocycles. The van der Waals surface area contributed by atoms with Crippen molar-refractivity contribution in [1.82, 2.24) is 0 Å². The molecule has 1 aromatic rings. The van der Waals surface area contributed by atoms with Crippen molar-refractivity contribution in [2.75, 3.05) is 13.7 Å². The van der Waals surface area contributed by atoms with Gasteiger partial charge in [0.15, 0.2) is 0 Å². The van der Waals surface area contributed by atoms with Crippen LogP contribution in [0.1, 0.15) is 32.3 Å². The average molecular weight is 237 g/mol. The standard InChI is InChI=1S/C14H23NO2/c1-4-14(15,5-2)11-17-10-12-8-6-7-9-13(12)16-3/h6-9H,4-5,10-11,15H2,1-3H3. The first-order valence-corrected chi connectivity index (χ1v) is 6.13. The van der Waals surface area contributed by atoms with Crippen molar-refractivity contribution in [3.63, 3.8) is 0 Å². The zero-order valence-corrected chi connectivity index (χ0v) is 11.0. The second-order valence-corrected chi connectivity index (χ2v) is 4.37. The Morgan fingerprint density at radius 3 is 2.41 bits per heavy atom. The Hall–Kier alpha value is -1.06. The quantitative estimate of drug-likeness (QED) is 0.793. The van der Waals surface area contributed by atoms with Gasteiger partial charge in [-0.15, -0.1) is 0 Å². The molecule has 0 radical (unpaired) electrons. The molecule has 0 unspecified atom stereocenters. The molecule has 1 aromatic carbocycles. The lowest BCUT2D eigenvalue weighted by Crippen LogP contribution is -2.43. The summed E-state index contributed by atoms with van der Waals surface area (Å²) < 4.78 is 11.0. The summed E-state index contributed by atoms with van der Waals surface area (Å²) in [6.45, 7) is 5.31. The van der Waals surface area contributed by atoms with Gasteiger partial charge in [-0.25, -0.2) is 0 Å². The van der Waals surface area contributed by atoms with Crippen LogP contribution in [0, 0.1) is 0 Å². The number of rotatable bonds is 7. The summed E-state index contributed by atoms with van der Waals surface area (Å²) in [6, 6.07) is 7.88. The van der Waals surface area contributed by atoms with E-state index in [1.165, 1.54) is 0 Å². The van der Waals surface area contributed by atoms with Crippen LogP contribution in [-0.2, 0) is 11.3 Å². The summed E-state index contributed by atoms with van der Waals surface area (Å²) in [6.07, 6.45) is 1.85. The van der Waals surface area contributed by atoms with Gasteiger partial charge in [0.25, 0.3) is 0 Å². The van der Waals surface area contributed by atoms with Gasteiger partial charge in [0, 0.05) is 11.1 Å². The Bertz CT molecular complexity index is 335. The monoisotopic (exact) mass is 237 g/mol. The summed E-state index contributed by atoms with van der Waals surface area (Å²) in [5, 5.41) is 0. The van der Waals surface area contributed by atoms with Crippen LogP contribution < -0.4 is 10.5 Å². The van der Waals surface area contributed by atoms with Crippen molar-refractivity contribution >= 4 is 0 Å². The number of para-hydroxylation sites is 1. The Morgan fingerprint density at radius 1 is 1.18 bits per heavy atom. The molecule has 96 valence electrons. The highest BCUT2D eigenvalue weighted by Crippen LogP contribution is 2.19. The molecule has 0 fully saturated rings. The number of ether oxygens (including phenoxy) is 2. The lowest BCUT2D eigenvalue weighted by Gasteiger charge is -2.26. The third-order valence-electron chi connectivity index (χ3n) is 3.25. The minimum absolute atomic E-state index is 0.206. The molecule has 0 spiro atoms. The second kappa shape index (κ2) is 6.62. The molecule has 3 heteroatoms. The molecular weight excluding hydrogens is 214 g/mol. The van der Waals surface area contributed by atoms with Crippen molar-refractivity contribution in [3.8, 4) is 5.75 Å². The van der Waals surface area contributed by atoms with Gasteiger partial charge < -0.3 is 15.2 Å². The summed E-state index contributed by atoms with van der Waals surface area (Å²) in [7, 11) is 1.67. The molecule has 0 aliphatic rings. The lowest BCUT2D eigenvalue weighted by atomic mass is 9.96. The number of methoxy groups -OCH3 is 1. The first kappa shape index (κ1) is 14.0. The SMILES string of the molecule is CCC(N)(CC)COCc1ccccc1OC. The van der Waals surface area contributed by atoms with Crippen LogP contribution in [0.3, 0.4) is 0 Å². The van der Waals surface area contributed by atoms with Crippen LogP contribution in [0.15, 0.2) is 24.3 Å². The number of benzene rings is 1. The van der Waals surface area contributed by atoms with E-state index in [1.807, 2.05) is 24.3 Å². The van der Waals surface area contributed by atoms with E-state index < -0.39 is 0 Å². The van der Waals surface area contributed by atoms with Gasteiger partial charge in [0.05, 0.1) is 20.3 Å². The number of hydrogen-bond donors (Lipinski definition) is 1. The van der Waals surface area contributed by atoms with Gasteiger partial charge in [0.2, 0.25) is 0 Å². The highest BCUT2D eigenvalue weighted by molar-refractivity contribution is 5.32. The van der Waals surface area contributed by atoms with Crippen molar-refractivity contribution in [3.05, 3.63) is 29.8 Å². The zero-order valence-electron chi connectivity index (χ0n) is 11.0. The minimum atomic E-state index is -0.206. The predicted octanol–water partition coefficient (Wildman–Crippen LogP) is 2.73. The summed E-state index contributed by atoms with van der Waals surface area (Å²) in [5.41, 5.74) is 7.03. The van der Waals surface area contributed by atoms with Crippen molar-refractivity contribution in [1.29, 1.82) is 0 Å². The molecule has 0 saturated carbocycles. The molecule has 0 heterocycles. The summed E-state index contributed by atoms with van der Waals surface area (Å²) in [4.78, 5) is 0. The van der Waals surface area contributed by atoms with Gasteiger partial charge in [-0.1, -0.05) is 32.0 Å². The third-order valence-corrected chi connectivity index (χ3v) is 3.25. The highest BCUT2D eigenvalue weighted by atomic mass is 16.5. The van der Waals surface area contributed by atoms with E-state index in [9.17, 15) is 0 Å². The van der Waals surface area contributed by atoms with Crippen LogP contribution in [0.4, 0.5) is 0 Å². The molecule has 0 aliphatic heterocycles. The number of nitrogens with two attached hydrogens (primary N) is 1. The minimum Gasteiger partial charge on any atom is -0.496 e. The van der Waals surface area contributed by atoms with E-state index in [-0.39, 0.29) is 5.54 Å². The highest BCUT2D eigenvalue weighted by Gasteiger charge is 2.20. The van der Waals surface area contributed by atoms with E-state index in [0.29, 0.717) is 13.2 Å². The fraction of sp³-hybridized carbons (Fsp3) is 0.571. The zero-order chi connectivity index (χ0) is 12.7. The van der Waals surface area contributed by atoms with Crippen LogP contribution in [0.2, 0.25) is 0 Å². The Balaban J connectivity index is 2.51. The third kappa shape index (κ3) is 4.02. The normalized spacial score (nSPS) is 11.5. The van der Waals surface area contributed by atoms with Crippen molar-refractivity contribution in [2.45, 2.75) is 38.8 Å². The van der Waals surface area contributed by atoms with Crippen LogP contribution in [-0.4, -0.2) is 19.3 Å². The second-order valence-electron chi connectivity index (χ2n) is 4.37. The first-order chi connectivity index (χ1) is 8.15. The molecule has 0 saturated heterocycles. The maximum atomic E-state index is 6.18. The average Bonchev–Trinajstić information content (AvgIpc) is 2.39. The van der Waals surface area contributed by atoms with Crippen LogP contribution >= 0.6 is 0 Å². The molecule has 3 nitrogen and oxygen atoms in total. The van der Waals surface area contributed by atoms with Gasteiger partial charge >= 0.3 is 0 Å². The van der Waals surface area contributed by atoms with Gasteiger partial charge in [-0.2, -0.15) is 0 Å². The maximum absolute atomic E-state index is 6.18. The molecule has 2 N–H and O–H groups in total. The van der Waals surface area contributed by atoms with E-state index in [0.717, 1.165) is 24.2 Å². The number of hydrogen-bond acceptors (Lipinski definition) is 3. The molecule has 0 atom stereocenters. The van der Waals surface area contributed by atoms with Crippen molar-refractivity contribution < 1.29 is 9.47 Å². The van der Waals surface area contributed by atoms with E-state index >= 15 is 0 Å². The van der Waals surface area contributed by atoms with E-state index in [1.54, 1.807) is 7.11 Å². The Kier molecular flexibility index (Phi) is 5.45. The van der Waals surface area contributed by atoms with Crippen LogP contribution in [0.5, 0.6) is 5.75 Å². The molecule has 0 amide bonds. The Morgan fingerprint density at radius 2 is 1.82 bits per heavy atom. The molecule has 17 heavy (non-hydrogen) atoms.